The first-order chi connectivity index (χ1) is 14.1. The van der Waals surface area contributed by atoms with Crippen LogP contribution in [0.3, 0.4) is 0 Å². The third-order valence-corrected chi connectivity index (χ3v) is 5.86. The first-order valence-corrected chi connectivity index (χ1v) is 10.2. The Bertz CT molecular complexity index is 1000. The normalized spacial score (nSPS) is 17.6. The number of halogens is 1. The van der Waals surface area contributed by atoms with E-state index in [0.717, 1.165) is 24.2 Å². The lowest BCUT2D eigenvalue weighted by Gasteiger charge is -2.47. The molecule has 1 N–H and O–H groups in total. The lowest BCUT2D eigenvalue weighted by Crippen LogP contribution is -2.48. The summed E-state index contributed by atoms with van der Waals surface area (Å²) in [7, 11) is 0. The topological polar surface area (TPSA) is 87.8 Å². The fourth-order valence-electron chi connectivity index (χ4n) is 4.18. The Hall–Kier alpha value is -2.93. The molecule has 0 spiro atoms. The highest BCUT2D eigenvalue weighted by molar-refractivity contribution is 6.33. The summed E-state index contributed by atoms with van der Waals surface area (Å²) in [6.45, 7) is 9.72. The van der Waals surface area contributed by atoms with E-state index in [-0.39, 0.29) is 16.8 Å². The maximum absolute atomic E-state index is 12.2. The minimum atomic E-state index is -0.514. The second-order valence-corrected chi connectivity index (χ2v) is 8.50. The molecule has 0 saturated heterocycles. The van der Waals surface area contributed by atoms with Crippen LogP contribution >= 0.6 is 11.6 Å². The molecule has 0 radical (unpaired) electrons. The average Bonchev–Trinajstić information content (AvgIpc) is 2.68. The van der Waals surface area contributed by atoms with E-state index < -0.39 is 10.8 Å². The zero-order valence-electron chi connectivity index (χ0n) is 17.5. The molecule has 1 heterocycles. The van der Waals surface area contributed by atoms with Crippen LogP contribution in [-0.2, 0) is 0 Å². The molecule has 0 bridgehead atoms. The van der Waals surface area contributed by atoms with Gasteiger partial charge >= 0.3 is 0 Å². The molecule has 158 valence electrons. The summed E-state index contributed by atoms with van der Waals surface area (Å²) in [5.41, 5.74) is 5.77. The van der Waals surface area contributed by atoms with Crippen molar-refractivity contribution in [2.75, 3.05) is 11.4 Å². The summed E-state index contributed by atoms with van der Waals surface area (Å²) in [5, 5.41) is 15.3. The van der Waals surface area contributed by atoms with Gasteiger partial charge in [-0.3, -0.25) is 14.9 Å². The third-order valence-electron chi connectivity index (χ3n) is 5.53. The molecule has 0 saturated carbocycles. The van der Waals surface area contributed by atoms with Gasteiger partial charge in [0.05, 0.1) is 16.2 Å². The summed E-state index contributed by atoms with van der Waals surface area (Å²) in [5.74, 6) is -0.0839. The van der Waals surface area contributed by atoms with Gasteiger partial charge in [0.15, 0.2) is 0 Å². The Kier molecular flexibility index (Phi) is 6.12. The standard InChI is InChI=1S/C22H25ClN4O3/c1-5-26-20-11-19(23)16(10-18(20)14(2)12-22(26,3)4)13-24-25-21(28)15-6-8-17(9-7-15)27(29)30/h6-11,13-14H,5,12H2,1-4H3,(H,25,28)/b24-13-. The first-order valence-electron chi connectivity index (χ1n) is 9.83. The molecule has 1 atom stereocenters. The van der Waals surface area contributed by atoms with Crippen molar-refractivity contribution in [2.24, 2.45) is 5.10 Å². The van der Waals surface area contributed by atoms with E-state index in [0.29, 0.717) is 10.9 Å². The first kappa shape index (κ1) is 21.8. The number of hydrogen-bond donors (Lipinski definition) is 1. The molecule has 0 aromatic heterocycles. The predicted molar refractivity (Wildman–Crippen MR) is 120 cm³/mol. The molecule has 1 amide bonds. The summed E-state index contributed by atoms with van der Waals surface area (Å²) in [6, 6.07) is 9.33. The van der Waals surface area contributed by atoms with E-state index >= 15 is 0 Å². The lowest BCUT2D eigenvalue weighted by molar-refractivity contribution is -0.384. The highest BCUT2D eigenvalue weighted by atomic mass is 35.5. The number of nitro groups is 1. The molecular formula is C22H25ClN4O3. The molecule has 3 rings (SSSR count). The van der Waals surface area contributed by atoms with Crippen LogP contribution in [0.15, 0.2) is 41.5 Å². The maximum atomic E-state index is 12.2. The fourth-order valence-corrected chi connectivity index (χ4v) is 4.38. The smallest absolute Gasteiger partial charge is 0.271 e. The fraction of sp³-hybridized carbons (Fsp3) is 0.364. The molecule has 30 heavy (non-hydrogen) atoms. The monoisotopic (exact) mass is 428 g/mol. The van der Waals surface area contributed by atoms with Crippen LogP contribution in [-0.4, -0.2) is 29.1 Å². The van der Waals surface area contributed by atoms with E-state index in [9.17, 15) is 14.9 Å². The van der Waals surface area contributed by atoms with Gasteiger partial charge in [0.2, 0.25) is 0 Å². The number of anilines is 1. The summed E-state index contributed by atoms with van der Waals surface area (Å²) in [6.07, 6.45) is 2.55. The Morgan fingerprint density at radius 3 is 2.63 bits per heavy atom. The van der Waals surface area contributed by atoms with Gasteiger partial charge in [-0.1, -0.05) is 18.5 Å². The molecule has 0 aliphatic carbocycles. The molecule has 1 aliphatic rings. The number of hydrogen-bond acceptors (Lipinski definition) is 5. The van der Waals surface area contributed by atoms with Crippen LogP contribution in [0, 0.1) is 10.1 Å². The van der Waals surface area contributed by atoms with E-state index in [1.807, 2.05) is 12.1 Å². The van der Waals surface area contributed by atoms with Crippen molar-refractivity contribution in [2.45, 2.75) is 45.6 Å². The van der Waals surface area contributed by atoms with Crippen LogP contribution in [0.4, 0.5) is 11.4 Å². The molecule has 1 unspecified atom stereocenters. The van der Waals surface area contributed by atoms with Crippen molar-refractivity contribution in [1.82, 2.24) is 5.43 Å². The zero-order valence-corrected chi connectivity index (χ0v) is 18.2. The molecule has 2 aromatic carbocycles. The number of amides is 1. The molecule has 1 aliphatic heterocycles. The average molecular weight is 429 g/mol. The minimum absolute atomic E-state index is 0.0544. The Labute approximate surface area is 180 Å². The van der Waals surface area contributed by atoms with Crippen LogP contribution in [0.2, 0.25) is 5.02 Å². The van der Waals surface area contributed by atoms with Crippen molar-refractivity contribution in [1.29, 1.82) is 0 Å². The SMILES string of the molecule is CCN1c2cc(Cl)c(/C=N\NC(=O)c3ccc([N+](=O)[O-])cc3)cc2C(C)CC1(C)C. The number of fused-ring (bicyclic) bond motifs is 1. The van der Waals surface area contributed by atoms with Gasteiger partial charge in [0.25, 0.3) is 11.6 Å². The molecule has 7 nitrogen and oxygen atoms in total. The van der Waals surface area contributed by atoms with Crippen molar-refractivity contribution >= 4 is 35.1 Å². The largest absolute Gasteiger partial charge is 0.366 e. The highest BCUT2D eigenvalue weighted by Gasteiger charge is 2.35. The highest BCUT2D eigenvalue weighted by Crippen LogP contribution is 2.44. The van der Waals surface area contributed by atoms with Crippen molar-refractivity contribution in [3.05, 3.63) is 68.2 Å². The molecule has 2 aromatic rings. The number of nitrogens with zero attached hydrogens (tertiary/aromatic N) is 3. The number of hydrazone groups is 1. The van der Waals surface area contributed by atoms with Crippen molar-refractivity contribution in [3.8, 4) is 0 Å². The predicted octanol–water partition coefficient (Wildman–Crippen LogP) is 5.12. The lowest BCUT2D eigenvalue weighted by atomic mass is 9.79. The number of rotatable bonds is 5. The van der Waals surface area contributed by atoms with Gasteiger partial charge < -0.3 is 4.90 Å². The number of benzene rings is 2. The second-order valence-electron chi connectivity index (χ2n) is 8.10. The van der Waals surface area contributed by atoms with Crippen LogP contribution in [0.1, 0.15) is 61.5 Å². The van der Waals surface area contributed by atoms with Gasteiger partial charge in [-0.05, 0) is 62.9 Å². The van der Waals surface area contributed by atoms with Gasteiger partial charge in [-0.2, -0.15) is 5.10 Å². The summed E-state index contributed by atoms with van der Waals surface area (Å²) >= 11 is 6.51. The van der Waals surface area contributed by atoms with E-state index in [1.165, 1.54) is 36.0 Å². The maximum Gasteiger partial charge on any atom is 0.271 e. The number of non-ortho nitro benzene ring substituents is 1. The summed E-state index contributed by atoms with van der Waals surface area (Å²) < 4.78 is 0. The number of carbonyl (C=O) groups is 1. The van der Waals surface area contributed by atoms with Gasteiger partial charge in [0.1, 0.15) is 0 Å². The second kappa shape index (κ2) is 8.44. The van der Waals surface area contributed by atoms with Crippen molar-refractivity contribution in [3.63, 3.8) is 0 Å². The van der Waals surface area contributed by atoms with Gasteiger partial charge in [-0.15, -0.1) is 0 Å². The number of carbonyl (C=O) groups excluding carboxylic acids is 1. The van der Waals surface area contributed by atoms with E-state index in [4.69, 9.17) is 11.6 Å². The Morgan fingerprint density at radius 1 is 1.37 bits per heavy atom. The molecule has 8 heteroatoms. The van der Waals surface area contributed by atoms with Crippen LogP contribution in [0.25, 0.3) is 0 Å². The molecular weight excluding hydrogens is 404 g/mol. The van der Waals surface area contributed by atoms with Gasteiger partial charge in [0, 0.05) is 41.0 Å². The van der Waals surface area contributed by atoms with Crippen LogP contribution in [0.5, 0.6) is 0 Å². The minimum Gasteiger partial charge on any atom is -0.366 e. The Balaban J connectivity index is 1.79. The van der Waals surface area contributed by atoms with E-state index in [2.05, 4.69) is 43.1 Å². The van der Waals surface area contributed by atoms with E-state index in [1.54, 1.807) is 0 Å². The Morgan fingerprint density at radius 2 is 2.03 bits per heavy atom. The van der Waals surface area contributed by atoms with Crippen molar-refractivity contribution < 1.29 is 9.72 Å². The van der Waals surface area contributed by atoms with Crippen LogP contribution < -0.4 is 10.3 Å². The van der Waals surface area contributed by atoms with Gasteiger partial charge in [-0.25, -0.2) is 5.43 Å². The number of nitro benzene ring substituents is 1. The number of nitrogens with one attached hydrogen (secondary N) is 1. The summed E-state index contributed by atoms with van der Waals surface area (Å²) in [4.78, 5) is 24.8. The quantitative estimate of drug-likeness (QED) is 0.406. The molecule has 0 fully saturated rings. The zero-order chi connectivity index (χ0) is 22.1. The third kappa shape index (κ3) is 4.31.